The zero-order chi connectivity index (χ0) is 19.4. The number of imide groups is 1. The molecule has 2 saturated carbocycles. The predicted molar refractivity (Wildman–Crippen MR) is 95.0 cm³/mol. The highest BCUT2D eigenvalue weighted by Crippen LogP contribution is 2.40. The Morgan fingerprint density at radius 3 is 2.44 bits per heavy atom. The predicted octanol–water partition coefficient (Wildman–Crippen LogP) is 1.89. The van der Waals surface area contributed by atoms with Gasteiger partial charge in [0.15, 0.2) is 6.61 Å². The van der Waals surface area contributed by atoms with E-state index in [1.165, 1.54) is 13.2 Å². The first-order valence-electron chi connectivity index (χ1n) is 9.17. The molecule has 27 heavy (non-hydrogen) atoms. The molecule has 7 heteroatoms. The third-order valence-corrected chi connectivity index (χ3v) is 5.33. The van der Waals surface area contributed by atoms with E-state index >= 15 is 0 Å². The molecular formula is C20H23NO6. The Labute approximate surface area is 157 Å². The molecule has 0 saturated heterocycles. The van der Waals surface area contributed by atoms with Gasteiger partial charge in [-0.1, -0.05) is 18.6 Å². The van der Waals surface area contributed by atoms with Crippen molar-refractivity contribution in [2.24, 2.45) is 17.8 Å². The van der Waals surface area contributed by atoms with Gasteiger partial charge in [-0.05, 0) is 37.8 Å². The normalized spacial score (nSPS) is 24.0. The number of carbonyl (C=O) groups is 4. The van der Waals surface area contributed by atoms with Gasteiger partial charge >= 0.3 is 5.97 Å². The standard InChI is InChI=1S/C20H23NO6/c1-26-16-8-3-2-7-15(16)19(24)21-17(22)11-27-20(25)14-9-12-5-4-6-13(10-14)18(12)23/h2-3,7-8,12-14H,4-6,9-11H2,1H3,(H,21,22,24)/t12-,13+,14?. The number of hydrogen-bond donors (Lipinski definition) is 1. The molecule has 2 bridgehead atoms. The highest BCUT2D eigenvalue weighted by atomic mass is 16.5. The third-order valence-electron chi connectivity index (χ3n) is 5.33. The summed E-state index contributed by atoms with van der Waals surface area (Å²) in [7, 11) is 1.43. The van der Waals surface area contributed by atoms with Crippen LogP contribution in [-0.2, 0) is 19.1 Å². The van der Waals surface area contributed by atoms with E-state index in [1.807, 2.05) is 0 Å². The number of methoxy groups -OCH3 is 1. The molecular weight excluding hydrogens is 350 g/mol. The summed E-state index contributed by atoms with van der Waals surface area (Å²) in [5, 5.41) is 2.19. The molecule has 2 amide bonds. The van der Waals surface area contributed by atoms with Gasteiger partial charge in [0.25, 0.3) is 11.8 Å². The number of hydrogen-bond acceptors (Lipinski definition) is 6. The van der Waals surface area contributed by atoms with Crippen LogP contribution in [0.4, 0.5) is 0 Å². The molecule has 2 aliphatic carbocycles. The second-order valence-corrected chi connectivity index (χ2v) is 7.08. The lowest BCUT2D eigenvalue weighted by Crippen LogP contribution is -2.40. The van der Waals surface area contributed by atoms with Crippen molar-refractivity contribution in [3.05, 3.63) is 29.8 Å². The van der Waals surface area contributed by atoms with Crippen LogP contribution in [-0.4, -0.2) is 37.3 Å². The SMILES string of the molecule is COc1ccccc1C(=O)NC(=O)COC(=O)C1C[C@H]2CCC[C@@H](C1)C2=O. The molecule has 0 radical (unpaired) electrons. The fraction of sp³-hybridized carbons (Fsp3) is 0.500. The first kappa shape index (κ1) is 19.1. The Morgan fingerprint density at radius 1 is 1.11 bits per heavy atom. The van der Waals surface area contributed by atoms with Gasteiger partial charge in [-0.25, -0.2) is 0 Å². The Hall–Kier alpha value is -2.70. The fourth-order valence-corrected chi connectivity index (χ4v) is 3.99. The molecule has 1 aromatic carbocycles. The molecule has 0 heterocycles. The number of ketones is 1. The number of carbonyl (C=O) groups excluding carboxylic acids is 4. The molecule has 3 rings (SSSR count). The minimum Gasteiger partial charge on any atom is -0.496 e. The second kappa shape index (κ2) is 8.33. The minimum absolute atomic E-state index is 0.0593. The number of nitrogens with one attached hydrogen (secondary N) is 1. The van der Waals surface area contributed by atoms with Crippen LogP contribution in [0.3, 0.4) is 0 Å². The van der Waals surface area contributed by atoms with Crippen molar-refractivity contribution < 1.29 is 28.7 Å². The quantitative estimate of drug-likeness (QED) is 0.792. The summed E-state index contributed by atoms with van der Waals surface area (Å²) < 4.78 is 10.2. The summed E-state index contributed by atoms with van der Waals surface area (Å²) in [4.78, 5) is 48.5. The van der Waals surface area contributed by atoms with Crippen molar-refractivity contribution in [1.82, 2.24) is 5.32 Å². The summed E-state index contributed by atoms with van der Waals surface area (Å²) >= 11 is 0. The maximum atomic E-state index is 12.3. The average Bonchev–Trinajstić information content (AvgIpc) is 2.65. The van der Waals surface area contributed by atoms with Gasteiger partial charge in [0.1, 0.15) is 11.5 Å². The molecule has 0 aliphatic heterocycles. The van der Waals surface area contributed by atoms with E-state index < -0.39 is 24.4 Å². The highest BCUT2D eigenvalue weighted by Gasteiger charge is 2.41. The van der Waals surface area contributed by atoms with Gasteiger partial charge in [0, 0.05) is 11.8 Å². The minimum atomic E-state index is -0.702. The summed E-state index contributed by atoms with van der Waals surface area (Å²) in [6.45, 7) is -0.528. The molecule has 1 aromatic rings. The average molecular weight is 373 g/mol. The first-order valence-corrected chi connectivity index (χ1v) is 9.17. The van der Waals surface area contributed by atoms with Crippen molar-refractivity contribution >= 4 is 23.6 Å². The smallest absolute Gasteiger partial charge is 0.309 e. The molecule has 0 aromatic heterocycles. The van der Waals surface area contributed by atoms with Crippen LogP contribution in [0.15, 0.2) is 24.3 Å². The van der Waals surface area contributed by atoms with E-state index in [1.54, 1.807) is 18.2 Å². The lowest BCUT2D eigenvalue weighted by atomic mass is 9.67. The molecule has 3 atom stereocenters. The molecule has 7 nitrogen and oxygen atoms in total. The third kappa shape index (κ3) is 4.35. The summed E-state index contributed by atoms with van der Waals surface area (Å²) in [5.74, 6) is -1.65. The maximum Gasteiger partial charge on any atom is 0.309 e. The van der Waals surface area contributed by atoms with Gasteiger partial charge in [-0.3, -0.25) is 24.5 Å². The summed E-state index contributed by atoms with van der Waals surface area (Å²) in [5.41, 5.74) is 0.221. The lowest BCUT2D eigenvalue weighted by Gasteiger charge is -2.36. The number of para-hydroxylation sites is 1. The van der Waals surface area contributed by atoms with Crippen LogP contribution >= 0.6 is 0 Å². The van der Waals surface area contributed by atoms with Crippen molar-refractivity contribution in [3.63, 3.8) is 0 Å². The molecule has 144 valence electrons. The van der Waals surface area contributed by atoms with Gasteiger partial charge in [0.2, 0.25) is 0 Å². The summed E-state index contributed by atoms with van der Waals surface area (Å²) in [6.07, 6.45) is 3.67. The zero-order valence-electron chi connectivity index (χ0n) is 15.2. The van der Waals surface area contributed by atoms with Crippen LogP contribution in [0.25, 0.3) is 0 Å². The zero-order valence-corrected chi connectivity index (χ0v) is 15.2. The fourth-order valence-electron chi connectivity index (χ4n) is 3.99. The van der Waals surface area contributed by atoms with E-state index in [4.69, 9.17) is 9.47 Å². The van der Waals surface area contributed by atoms with Crippen molar-refractivity contribution in [3.8, 4) is 5.75 Å². The summed E-state index contributed by atoms with van der Waals surface area (Å²) in [6, 6.07) is 6.51. The number of amides is 2. The topological polar surface area (TPSA) is 98.8 Å². The lowest BCUT2D eigenvalue weighted by molar-refractivity contribution is -0.156. The van der Waals surface area contributed by atoms with Crippen LogP contribution in [0.5, 0.6) is 5.75 Å². The van der Waals surface area contributed by atoms with E-state index in [9.17, 15) is 19.2 Å². The van der Waals surface area contributed by atoms with Crippen molar-refractivity contribution in [1.29, 1.82) is 0 Å². The number of benzene rings is 1. The Bertz CT molecular complexity index is 743. The largest absolute Gasteiger partial charge is 0.496 e. The number of ether oxygens (including phenoxy) is 2. The molecule has 0 spiro atoms. The monoisotopic (exact) mass is 373 g/mol. The van der Waals surface area contributed by atoms with Crippen LogP contribution in [0.1, 0.15) is 42.5 Å². The molecule has 1 N–H and O–H groups in total. The Balaban J connectivity index is 1.49. The van der Waals surface area contributed by atoms with Gasteiger partial charge in [0.05, 0.1) is 18.6 Å². The van der Waals surface area contributed by atoms with Gasteiger partial charge in [-0.2, -0.15) is 0 Å². The highest BCUT2D eigenvalue weighted by molar-refractivity contribution is 6.06. The Morgan fingerprint density at radius 2 is 1.78 bits per heavy atom. The number of rotatable bonds is 5. The van der Waals surface area contributed by atoms with E-state index in [2.05, 4.69) is 5.32 Å². The number of esters is 1. The maximum absolute atomic E-state index is 12.3. The van der Waals surface area contributed by atoms with E-state index in [0.29, 0.717) is 18.6 Å². The second-order valence-electron chi connectivity index (χ2n) is 7.08. The van der Waals surface area contributed by atoms with Crippen LogP contribution < -0.4 is 10.1 Å². The van der Waals surface area contributed by atoms with Crippen LogP contribution in [0, 0.1) is 17.8 Å². The van der Waals surface area contributed by atoms with Crippen LogP contribution in [0.2, 0.25) is 0 Å². The van der Waals surface area contributed by atoms with Gasteiger partial charge < -0.3 is 9.47 Å². The molecule has 2 aliphatic rings. The number of fused-ring (bicyclic) bond motifs is 2. The number of Topliss-reactive ketones (excluding diaryl/α,β-unsaturated/α-hetero) is 1. The van der Waals surface area contributed by atoms with Gasteiger partial charge in [-0.15, -0.1) is 0 Å². The van der Waals surface area contributed by atoms with E-state index in [-0.39, 0.29) is 29.1 Å². The molecule has 1 unspecified atom stereocenters. The van der Waals surface area contributed by atoms with Crippen molar-refractivity contribution in [2.75, 3.05) is 13.7 Å². The molecule has 2 fully saturated rings. The first-order chi connectivity index (χ1) is 13.0. The van der Waals surface area contributed by atoms with Crippen molar-refractivity contribution in [2.45, 2.75) is 32.1 Å². The Kier molecular flexibility index (Phi) is 5.88. The van der Waals surface area contributed by atoms with E-state index in [0.717, 1.165) is 19.3 Å².